The Hall–Kier alpha value is -3.47. The lowest BCUT2D eigenvalue weighted by Crippen LogP contribution is -2.60. The number of phenols is 1. The summed E-state index contributed by atoms with van der Waals surface area (Å²) >= 11 is 14.4. The largest absolute Gasteiger partial charge is 0.504 e. The van der Waals surface area contributed by atoms with Crippen LogP contribution in [0, 0.1) is 23.6 Å². The van der Waals surface area contributed by atoms with Gasteiger partial charge in [0.2, 0.25) is 0 Å². The number of carbonyl (C=O) groups is 4. The number of allylic oxidation sites excluding steroid dienone is 2. The maximum absolute atomic E-state index is 14.2. The summed E-state index contributed by atoms with van der Waals surface area (Å²) < 4.78 is 19.2. The second kappa shape index (κ2) is 9.02. The summed E-state index contributed by atoms with van der Waals surface area (Å²) in [6, 6.07) is 9.10. The van der Waals surface area contributed by atoms with Gasteiger partial charge >= 0.3 is 0 Å². The Labute approximate surface area is 237 Å². The van der Waals surface area contributed by atoms with Crippen LogP contribution in [0.25, 0.3) is 0 Å². The number of rotatable bonds is 4. The summed E-state index contributed by atoms with van der Waals surface area (Å²) in [5.41, 5.74) is 0.962. The van der Waals surface area contributed by atoms with Gasteiger partial charge < -0.3 is 9.84 Å². The molecule has 0 bridgehead atoms. The van der Waals surface area contributed by atoms with E-state index in [0.29, 0.717) is 11.1 Å². The van der Waals surface area contributed by atoms with Crippen molar-refractivity contribution in [1.82, 2.24) is 5.06 Å². The van der Waals surface area contributed by atoms with Crippen LogP contribution in [-0.4, -0.2) is 55.4 Å². The van der Waals surface area contributed by atoms with Crippen LogP contribution in [0.2, 0.25) is 0 Å². The van der Waals surface area contributed by atoms with Gasteiger partial charge in [0.05, 0.1) is 24.1 Å². The number of aromatic hydroxyl groups is 1. The number of phenolic OH excluding ortho intramolecular Hbond substituents is 1. The van der Waals surface area contributed by atoms with Crippen molar-refractivity contribution in [3.63, 3.8) is 0 Å². The lowest BCUT2D eigenvalue weighted by Gasteiger charge is -2.50. The van der Waals surface area contributed by atoms with Crippen LogP contribution in [0.3, 0.4) is 0 Å². The zero-order valence-electron chi connectivity index (χ0n) is 21.0. The van der Waals surface area contributed by atoms with Crippen LogP contribution in [0.4, 0.5) is 10.1 Å². The van der Waals surface area contributed by atoms with Gasteiger partial charge in [-0.15, -0.1) is 23.2 Å². The van der Waals surface area contributed by atoms with E-state index in [0.717, 1.165) is 17.0 Å². The smallest absolute Gasteiger partial charge is 0.258 e. The van der Waals surface area contributed by atoms with E-state index < -0.39 is 62.9 Å². The highest BCUT2D eigenvalue weighted by Crippen LogP contribution is 2.66. The van der Waals surface area contributed by atoms with Gasteiger partial charge in [0.15, 0.2) is 21.2 Å². The van der Waals surface area contributed by atoms with E-state index >= 15 is 0 Å². The normalized spacial score (nSPS) is 33.1. The minimum atomic E-state index is -2.11. The second-order valence-electron chi connectivity index (χ2n) is 10.4. The molecule has 6 rings (SSSR count). The first-order valence-corrected chi connectivity index (χ1v) is 13.5. The Morgan fingerprint density at radius 2 is 1.73 bits per heavy atom. The molecule has 0 aromatic heterocycles. The van der Waals surface area contributed by atoms with Crippen molar-refractivity contribution in [2.45, 2.75) is 35.4 Å². The number of halogens is 3. The Kier molecular flexibility index (Phi) is 6.03. The van der Waals surface area contributed by atoms with Crippen molar-refractivity contribution < 1.29 is 38.6 Å². The minimum Gasteiger partial charge on any atom is -0.504 e. The number of carbonyl (C=O) groups excluding carboxylic acids is 4. The molecule has 6 unspecified atom stereocenters. The lowest BCUT2D eigenvalue weighted by atomic mass is 9.56. The first-order chi connectivity index (χ1) is 19.0. The summed E-state index contributed by atoms with van der Waals surface area (Å²) in [4.78, 5) is 50.6. The van der Waals surface area contributed by atoms with Crippen molar-refractivity contribution >= 4 is 52.5 Å². The average molecular weight is 589 g/mol. The van der Waals surface area contributed by atoms with E-state index in [1.807, 2.05) is 0 Å². The standard InChI is InChI=1S/C28H23Cl2FN2O7/c1-2-40-20-11-13(3-10-19(20)34)22-16-8-9-17-21(24(36)33(39)23(17)35)18(16)12-27(29)25(37)32(26(38)28(22,27)30)15-6-4-14(31)5-7-15/h3-8,10-11,17-18,21-22,34,39H,2,9,12H2,1H3. The van der Waals surface area contributed by atoms with Crippen molar-refractivity contribution in [1.29, 1.82) is 0 Å². The molecule has 2 aliphatic carbocycles. The second-order valence-corrected chi connectivity index (χ2v) is 11.6. The van der Waals surface area contributed by atoms with Gasteiger partial charge in [0.25, 0.3) is 23.6 Å². The molecule has 3 fully saturated rings. The van der Waals surface area contributed by atoms with Crippen LogP contribution in [-0.2, 0) is 19.2 Å². The maximum atomic E-state index is 14.2. The number of alkyl halides is 2. The molecule has 2 aromatic carbocycles. The molecule has 9 nitrogen and oxygen atoms in total. The summed E-state index contributed by atoms with van der Waals surface area (Å²) in [6.07, 6.45) is 1.54. The molecule has 2 heterocycles. The van der Waals surface area contributed by atoms with Crippen molar-refractivity contribution in [3.05, 3.63) is 65.5 Å². The Morgan fingerprint density at radius 1 is 1.02 bits per heavy atom. The number of amides is 4. The number of nitrogens with zero attached hydrogens (tertiary/aromatic N) is 2. The van der Waals surface area contributed by atoms with Gasteiger partial charge in [-0.05, 0) is 67.6 Å². The van der Waals surface area contributed by atoms with Crippen LogP contribution in [0.15, 0.2) is 54.1 Å². The molecule has 4 amide bonds. The van der Waals surface area contributed by atoms with E-state index in [4.69, 9.17) is 27.9 Å². The summed E-state index contributed by atoms with van der Waals surface area (Å²) in [5.74, 6) is -7.70. The zero-order chi connectivity index (χ0) is 28.7. The number of ether oxygens (including phenoxy) is 1. The molecular weight excluding hydrogens is 566 g/mol. The topological polar surface area (TPSA) is 124 Å². The van der Waals surface area contributed by atoms with Gasteiger partial charge in [-0.1, -0.05) is 17.7 Å². The number of imide groups is 2. The number of hydrogen-bond acceptors (Lipinski definition) is 7. The molecule has 0 spiro atoms. The predicted molar refractivity (Wildman–Crippen MR) is 140 cm³/mol. The lowest BCUT2D eigenvalue weighted by molar-refractivity contribution is -0.173. The average Bonchev–Trinajstić information content (AvgIpc) is 3.24. The Balaban J connectivity index is 1.58. The highest BCUT2D eigenvalue weighted by atomic mass is 35.5. The molecule has 2 saturated heterocycles. The highest BCUT2D eigenvalue weighted by molar-refractivity contribution is 6.58. The van der Waals surface area contributed by atoms with Gasteiger partial charge in [-0.2, -0.15) is 5.06 Å². The van der Waals surface area contributed by atoms with Gasteiger partial charge in [0, 0.05) is 5.92 Å². The fraction of sp³-hybridized carbons (Fsp3) is 0.357. The third kappa shape index (κ3) is 3.36. The maximum Gasteiger partial charge on any atom is 0.258 e. The molecule has 12 heteroatoms. The fourth-order valence-corrected chi connectivity index (χ4v) is 7.67. The van der Waals surface area contributed by atoms with E-state index in [1.54, 1.807) is 13.0 Å². The first kappa shape index (κ1) is 26.7. The minimum absolute atomic E-state index is 0.0637. The molecule has 40 heavy (non-hydrogen) atoms. The van der Waals surface area contributed by atoms with E-state index in [2.05, 4.69) is 0 Å². The molecular formula is C28H23Cl2FN2O7. The Bertz CT molecular complexity index is 1510. The monoisotopic (exact) mass is 588 g/mol. The van der Waals surface area contributed by atoms with Crippen LogP contribution >= 0.6 is 23.2 Å². The first-order valence-electron chi connectivity index (χ1n) is 12.7. The number of hydroxylamine groups is 2. The van der Waals surface area contributed by atoms with Crippen molar-refractivity contribution in [2.75, 3.05) is 11.5 Å². The number of fused-ring (bicyclic) bond motifs is 4. The van der Waals surface area contributed by atoms with E-state index in [1.165, 1.54) is 30.3 Å². The van der Waals surface area contributed by atoms with E-state index in [-0.39, 0.29) is 41.7 Å². The SMILES string of the molecule is CCOc1cc(C2C3=CCC4C(=O)N(O)C(=O)C4C3CC3(Cl)C(=O)N(c4ccc(F)cc4)C(=O)C23Cl)ccc1O. The molecule has 2 N–H and O–H groups in total. The predicted octanol–water partition coefficient (Wildman–Crippen LogP) is 3.88. The third-order valence-electron chi connectivity index (χ3n) is 8.49. The van der Waals surface area contributed by atoms with Gasteiger partial charge in [-0.25, -0.2) is 9.29 Å². The summed E-state index contributed by atoms with van der Waals surface area (Å²) in [5, 5.41) is 20.6. The van der Waals surface area contributed by atoms with Crippen LogP contribution in [0.1, 0.15) is 31.2 Å². The molecule has 1 saturated carbocycles. The third-order valence-corrected chi connectivity index (χ3v) is 9.90. The van der Waals surface area contributed by atoms with E-state index in [9.17, 15) is 33.9 Å². The molecule has 208 valence electrons. The molecule has 4 aliphatic rings. The van der Waals surface area contributed by atoms with Gasteiger partial charge in [0.1, 0.15) is 5.82 Å². The zero-order valence-corrected chi connectivity index (χ0v) is 22.5. The van der Waals surface area contributed by atoms with Crippen molar-refractivity contribution in [2.24, 2.45) is 17.8 Å². The molecule has 0 radical (unpaired) electrons. The summed E-state index contributed by atoms with van der Waals surface area (Å²) in [7, 11) is 0. The molecule has 2 aliphatic heterocycles. The molecule has 2 aromatic rings. The highest BCUT2D eigenvalue weighted by Gasteiger charge is 2.76. The van der Waals surface area contributed by atoms with Crippen molar-refractivity contribution in [3.8, 4) is 11.5 Å². The van der Waals surface area contributed by atoms with Crippen LogP contribution in [0.5, 0.6) is 11.5 Å². The van der Waals surface area contributed by atoms with Gasteiger partial charge in [-0.3, -0.25) is 24.4 Å². The Morgan fingerprint density at radius 3 is 2.40 bits per heavy atom. The number of anilines is 1. The molecule has 6 atom stereocenters. The summed E-state index contributed by atoms with van der Waals surface area (Å²) in [6.45, 7) is 1.95. The number of hydrogen-bond donors (Lipinski definition) is 2. The number of benzene rings is 2. The fourth-order valence-electron chi connectivity index (χ4n) is 6.74. The quantitative estimate of drug-likeness (QED) is 0.240. The van der Waals surface area contributed by atoms with Crippen LogP contribution < -0.4 is 9.64 Å².